The molecule has 0 aromatic carbocycles. The Morgan fingerprint density at radius 2 is 2.19 bits per heavy atom. The maximum absolute atomic E-state index is 12.1. The number of aliphatic imine (C=N–C) groups is 2. The van der Waals surface area contributed by atoms with Gasteiger partial charge in [0, 0.05) is 25.5 Å². The Kier molecular flexibility index (Phi) is 9.73. The third-order valence-corrected chi connectivity index (χ3v) is 3.76. The fraction of sp³-hybridized carbons (Fsp3) is 0.500. The molecule has 0 saturated heterocycles. The topological polar surface area (TPSA) is 136 Å². The summed E-state index contributed by atoms with van der Waals surface area (Å²) in [6.45, 7) is -0.711. The number of nitrogens with one attached hydrogen (secondary N) is 3. The van der Waals surface area contributed by atoms with Crippen LogP contribution >= 0.6 is 11.8 Å². The van der Waals surface area contributed by atoms with Crippen LogP contribution in [0.4, 0.5) is 19.0 Å². The molecular weight excluding hydrogens is 383 g/mol. The number of unbranched alkanes of at least 4 members (excludes halogenated alkanes) is 1. The molecule has 1 heterocycles. The van der Waals surface area contributed by atoms with Gasteiger partial charge in [0.2, 0.25) is 5.96 Å². The Morgan fingerprint density at radius 3 is 2.85 bits per heavy atom. The molecule has 0 radical (unpaired) electrons. The first-order valence-electron chi connectivity index (χ1n) is 7.79. The van der Waals surface area contributed by atoms with Crippen LogP contribution in [-0.2, 0) is 0 Å². The van der Waals surface area contributed by atoms with Crippen LogP contribution in [0.5, 0.6) is 0 Å². The molecule has 9 nitrogen and oxygen atoms in total. The number of alkyl halides is 3. The fourth-order valence-corrected chi connectivity index (χ4v) is 2.48. The minimum atomic E-state index is -4.41. The molecule has 5 N–H and O–H groups in total. The van der Waals surface area contributed by atoms with E-state index in [1.54, 1.807) is 13.2 Å². The largest absolute Gasteiger partial charge is 0.408 e. The highest BCUT2D eigenvalue weighted by molar-refractivity contribution is 7.99. The highest BCUT2D eigenvalue weighted by Crippen LogP contribution is 2.16. The van der Waals surface area contributed by atoms with E-state index in [0.29, 0.717) is 17.7 Å². The molecule has 0 aliphatic heterocycles. The molecule has 13 heteroatoms. The third-order valence-electron chi connectivity index (χ3n) is 2.81. The molecule has 0 fully saturated rings. The van der Waals surface area contributed by atoms with Gasteiger partial charge in [-0.05, 0) is 18.9 Å². The van der Waals surface area contributed by atoms with Gasteiger partial charge in [-0.2, -0.15) is 18.4 Å². The molecule has 1 aromatic rings. The van der Waals surface area contributed by atoms with Crippen molar-refractivity contribution in [2.24, 2.45) is 15.7 Å². The van der Waals surface area contributed by atoms with Crippen molar-refractivity contribution in [3.8, 4) is 6.19 Å². The second kappa shape index (κ2) is 11.8. The van der Waals surface area contributed by atoms with Crippen LogP contribution in [0.15, 0.2) is 27.4 Å². The number of rotatable bonds is 8. The van der Waals surface area contributed by atoms with Crippen LogP contribution in [-0.4, -0.2) is 54.0 Å². The van der Waals surface area contributed by atoms with Crippen molar-refractivity contribution in [1.82, 2.24) is 20.6 Å². The summed E-state index contributed by atoms with van der Waals surface area (Å²) >= 11 is 1.41. The molecule has 0 atom stereocenters. The molecule has 0 spiro atoms. The summed E-state index contributed by atoms with van der Waals surface area (Å²) in [7, 11) is 1.57. The number of guanidine groups is 2. The standard InChI is InChI=1S/C14H20F3N9S/c1-20-12(24-9-18)21-5-2-3-7-27-13-22-6-4-10(26-13)25-11(19)23-8-14(15,16)17/h4,6H,2-3,5,7-8H2,1H3,(H2,20,21,24)(H3,19,22,23,25,26). The molecule has 1 rings (SSSR count). The summed E-state index contributed by atoms with van der Waals surface area (Å²) in [6, 6.07) is 1.48. The number of hydrogen-bond donors (Lipinski definition) is 4. The van der Waals surface area contributed by atoms with Gasteiger partial charge in [0.15, 0.2) is 17.3 Å². The zero-order valence-corrected chi connectivity index (χ0v) is 15.4. The first kappa shape index (κ1) is 22.3. The highest BCUT2D eigenvalue weighted by Gasteiger charge is 2.26. The highest BCUT2D eigenvalue weighted by atomic mass is 32.2. The number of nitrogens with two attached hydrogens (primary N) is 1. The van der Waals surface area contributed by atoms with E-state index >= 15 is 0 Å². The summed E-state index contributed by atoms with van der Waals surface area (Å²) in [5.74, 6) is 1.06. The Hall–Kier alpha value is -2.75. The van der Waals surface area contributed by atoms with Gasteiger partial charge in [-0.3, -0.25) is 10.3 Å². The minimum absolute atomic E-state index is 0.268. The van der Waals surface area contributed by atoms with Crippen molar-refractivity contribution < 1.29 is 13.2 Å². The summed E-state index contributed by atoms with van der Waals surface area (Å²) in [6.07, 6.45) is 0.549. The summed E-state index contributed by atoms with van der Waals surface area (Å²) in [4.78, 5) is 15.3. The first-order valence-corrected chi connectivity index (χ1v) is 8.78. The zero-order valence-electron chi connectivity index (χ0n) is 14.5. The normalized spacial score (nSPS) is 12.4. The van der Waals surface area contributed by atoms with E-state index in [9.17, 15) is 13.2 Å². The van der Waals surface area contributed by atoms with Crippen molar-refractivity contribution in [2.75, 3.05) is 31.2 Å². The predicted molar refractivity (Wildman–Crippen MR) is 98.3 cm³/mol. The molecule has 27 heavy (non-hydrogen) atoms. The van der Waals surface area contributed by atoms with Crippen LogP contribution in [0.25, 0.3) is 0 Å². The molecule has 148 valence electrons. The lowest BCUT2D eigenvalue weighted by Crippen LogP contribution is -2.34. The number of nitrogens with zero attached hydrogens (tertiary/aromatic N) is 5. The quantitative estimate of drug-likeness (QED) is 0.0969. The van der Waals surface area contributed by atoms with Gasteiger partial charge >= 0.3 is 6.18 Å². The van der Waals surface area contributed by atoms with Crippen LogP contribution in [0.1, 0.15) is 12.8 Å². The van der Waals surface area contributed by atoms with Crippen molar-refractivity contribution in [1.29, 1.82) is 5.26 Å². The van der Waals surface area contributed by atoms with Crippen LogP contribution < -0.4 is 21.7 Å². The molecule has 1 aromatic heterocycles. The van der Waals surface area contributed by atoms with Gasteiger partial charge in [-0.15, -0.1) is 0 Å². The third kappa shape index (κ3) is 10.8. The van der Waals surface area contributed by atoms with Crippen molar-refractivity contribution >= 4 is 29.5 Å². The number of halogens is 3. The molecule has 0 saturated carbocycles. The van der Waals surface area contributed by atoms with Crippen molar-refractivity contribution in [3.05, 3.63) is 12.3 Å². The average Bonchev–Trinajstić information content (AvgIpc) is 2.61. The van der Waals surface area contributed by atoms with Crippen LogP contribution in [0.2, 0.25) is 0 Å². The van der Waals surface area contributed by atoms with E-state index in [-0.39, 0.29) is 11.8 Å². The summed E-state index contributed by atoms with van der Waals surface area (Å²) < 4.78 is 36.3. The Morgan fingerprint density at radius 1 is 1.41 bits per heavy atom. The molecule has 0 amide bonds. The van der Waals surface area contributed by atoms with E-state index in [0.717, 1.165) is 18.6 Å². The van der Waals surface area contributed by atoms with Gasteiger partial charge in [-0.1, -0.05) is 11.8 Å². The van der Waals surface area contributed by atoms with Gasteiger partial charge in [0.1, 0.15) is 12.4 Å². The van der Waals surface area contributed by atoms with Crippen molar-refractivity contribution in [3.63, 3.8) is 0 Å². The lowest BCUT2D eigenvalue weighted by molar-refractivity contribution is -0.118. The number of hydrogen-bond acceptors (Lipinski definition) is 6. The molecule has 0 bridgehead atoms. The first-order chi connectivity index (χ1) is 12.8. The predicted octanol–water partition coefficient (Wildman–Crippen LogP) is 1.28. The summed E-state index contributed by atoms with van der Waals surface area (Å²) in [5.41, 5.74) is 5.41. The zero-order chi connectivity index (χ0) is 20.1. The monoisotopic (exact) mass is 403 g/mol. The Balaban J connectivity index is 2.35. The van der Waals surface area contributed by atoms with Gasteiger partial charge < -0.3 is 16.4 Å². The SMILES string of the molecule is CN=C(NC#N)NCCCCSc1nccc(NC(N)=NCC(F)(F)F)n1. The molecule has 0 unspecified atom stereocenters. The average molecular weight is 403 g/mol. The molecular formula is C14H20F3N9S. The lowest BCUT2D eigenvalue weighted by atomic mass is 10.3. The number of anilines is 1. The second-order valence-corrected chi connectivity index (χ2v) is 6.02. The maximum atomic E-state index is 12.1. The second-order valence-electron chi connectivity index (χ2n) is 4.96. The number of thioether (sulfide) groups is 1. The van der Waals surface area contributed by atoms with Crippen LogP contribution in [0, 0.1) is 11.5 Å². The smallest absolute Gasteiger partial charge is 0.370 e. The van der Waals surface area contributed by atoms with E-state index in [4.69, 9.17) is 11.0 Å². The fourth-order valence-electron chi connectivity index (χ4n) is 1.65. The summed E-state index contributed by atoms with van der Waals surface area (Å²) in [5, 5.41) is 16.9. The number of aromatic nitrogens is 2. The Labute approximate surface area is 158 Å². The Bertz CT molecular complexity index is 685. The van der Waals surface area contributed by atoms with E-state index in [1.165, 1.54) is 24.0 Å². The number of nitriles is 1. The maximum Gasteiger partial charge on any atom is 0.408 e. The van der Waals surface area contributed by atoms with E-state index < -0.39 is 12.7 Å². The van der Waals surface area contributed by atoms with E-state index in [2.05, 4.69) is 35.9 Å². The molecule has 0 aliphatic carbocycles. The molecule has 0 aliphatic rings. The lowest BCUT2D eigenvalue weighted by Gasteiger charge is -2.08. The van der Waals surface area contributed by atoms with Crippen molar-refractivity contribution in [2.45, 2.75) is 24.2 Å². The van der Waals surface area contributed by atoms with Gasteiger partial charge in [0.05, 0.1) is 0 Å². The van der Waals surface area contributed by atoms with Gasteiger partial charge in [0.25, 0.3) is 0 Å². The minimum Gasteiger partial charge on any atom is -0.370 e. The van der Waals surface area contributed by atoms with Gasteiger partial charge in [-0.25, -0.2) is 15.0 Å². The van der Waals surface area contributed by atoms with Crippen LogP contribution in [0.3, 0.4) is 0 Å². The van der Waals surface area contributed by atoms with E-state index in [1.807, 2.05) is 0 Å².